The van der Waals surface area contributed by atoms with E-state index in [9.17, 15) is 4.79 Å². The Bertz CT molecular complexity index is 590. The van der Waals surface area contributed by atoms with Crippen LogP contribution in [-0.2, 0) is 11.2 Å². The fourth-order valence-corrected chi connectivity index (χ4v) is 2.08. The number of ketones is 1. The molecule has 0 bridgehead atoms. The predicted octanol–water partition coefficient (Wildman–Crippen LogP) is 2.62. The molecular formula is C16H14O3. The van der Waals surface area contributed by atoms with Crippen molar-refractivity contribution in [2.24, 2.45) is 0 Å². The van der Waals surface area contributed by atoms with Gasteiger partial charge < -0.3 is 9.47 Å². The van der Waals surface area contributed by atoms with Crippen molar-refractivity contribution >= 4 is 5.78 Å². The molecule has 0 radical (unpaired) electrons. The highest BCUT2D eigenvalue weighted by Gasteiger charge is 2.15. The van der Waals surface area contributed by atoms with Crippen molar-refractivity contribution in [2.45, 2.75) is 6.42 Å². The maximum Gasteiger partial charge on any atom is 0.207 e. The summed E-state index contributed by atoms with van der Waals surface area (Å²) in [6, 6.07) is 16.1. The average molecular weight is 254 g/mol. The Balaban J connectivity index is 1.83. The number of benzene rings is 2. The number of fused-ring (bicyclic) bond motifs is 1. The summed E-state index contributed by atoms with van der Waals surface area (Å²) in [5.74, 6) is 1.25. The van der Waals surface area contributed by atoms with Crippen molar-refractivity contribution in [3.05, 3.63) is 59.7 Å². The van der Waals surface area contributed by atoms with Gasteiger partial charge in [0.25, 0.3) is 0 Å². The zero-order valence-electron chi connectivity index (χ0n) is 10.5. The van der Waals surface area contributed by atoms with Crippen LogP contribution < -0.4 is 9.47 Å². The average Bonchev–Trinajstić information content (AvgIpc) is 2.62. The molecule has 0 saturated carbocycles. The first-order chi connectivity index (χ1) is 9.31. The molecule has 0 aliphatic carbocycles. The molecule has 1 aliphatic rings. The van der Waals surface area contributed by atoms with Crippen molar-refractivity contribution in [3.63, 3.8) is 0 Å². The van der Waals surface area contributed by atoms with Crippen LogP contribution in [0.1, 0.15) is 11.1 Å². The number of carbonyl (C=O) groups is 1. The maximum absolute atomic E-state index is 11.3. The quantitative estimate of drug-likeness (QED) is 0.826. The number of ether oxygens (including phenoxy) is 2. The Labute approximate surface area is 111 Å². The van der Waals surface area contributed by atoms with Crippen LogP contribution in [-0.4, -0.2) is 19.0 Å². The Hall–Kier alpha value is -2.29. The van der Waals surface area contributed by atoms with Gasteiger partial charge in [-0.05, 0) is 29.7 Å². The first-order valence-electron chi connectivity index (χ1n) is 6.25. The Morgan fingerprint density at radius 3 is 2.37 bits per heavy atom. The smallest absolute Gasteiger partial charge is 0.207 e. The largest absolute Gasteiger partial charge is 0.482 e. The van der Waals surface area contributed by atoms with Crippen molar-refractivity contribution < 1.29 is 14.3 Å². The molecule has 3 rings (SSSR count). The molecule has 0 amide bonds. The SMILES string of the molecule is O=C1COc2ccc(Cc3ccccc3)cc2OC1. The molecule has 0 aromatic heterocycles. The summed E-state index contributed by atoms with van der Waals surface area (Å²) in [5, 5.41) is 0. The number of hydrogen-bond acceptors (Lipinski definition) is 3. The van der Waals surface area contributed by atoms with E-state index in [2.05, 4.69) is 12.1 Å². The second-order valence-electron chi connectivity index (χ2n) is 4.56. The van der Waals surface area contributed by atoms with Gasteiger partial charge in [-0.3, -0.25) is 4.79 Å². The van der Waals surface area contributed by atoms with E-state index in [0.717, 1.165) is 12.0 Å². The Morgan fingerprint density at radius 1 is 0.842 bits per heavy atom. The van der Waals surface area contributed by atoms with Crippen molar-refractivity contribution in [3.8, 4) is 11.5 Å². The van der Waals surface area contributed by atoms with Crippen molar-refractivity contribution in [1.29, 1.82) is 0 Å². The van der Waals surface area contributed by atoms with Crippen LogP contribution in [0.5, 0.6) is 11.5 Å². The third-order valence-corrected chi connectivity index (χ3v) is 3.04. The Morgan fingerprint density at radius 2 is 1.58 bits per heavy atom. The number of Topliss-reactive ketones (excluding diaryl/α,β-unsaturated/α-hetero) is 1. The van der Waals surface area contributed by atoms with Gasteiger partial charge in [-0.1, -0.05) is 36.4 Å². The van der Waals surface area contributed by atoms with E-state index in [1.54, 1.807) is 0 Å². The molecule has 19 heavy (non-hydrogen) atoms. The summed E-state index contributed by atoms with van der Waals surface area (Å²) in [7, 11) is 0. The van der Waals surface area contributed by atoms with Crippen LogP contribution in [0.15, 0.2) is 48.5 Å². The van der Waals surface area contributed by atoms with Gasteiger partial charge in [-0.15, -0.1) is 0 Å². The third kappa shape index (κ3) is 2.76. The van der Waals surface area contributed by atoms with Gasteiger partial charge in [0, 0.05) is 0 Å². The summed E-state index contributed by atoms with van der Waals surface area (Å²) < 4.78 is 10.9. The van der Waals surface area contributed by atoms with Gasteiger partial charge in [0.1, 0.15) is 0 Å². The lowest BCUT2D eigenvalue weighted by Gasteiger charge is -2.09. The molecule has 1 heterocycles. The zero-order valence-corrected chi connectivity index (χ0v) is 10.5. The van der Waals surface area contributed by atoms with E-state index in [4.69, 9.17) is 9.47 Å². The van der Waals surface area contributed by atoms with E-state index in [-0.39, 0.29) is 19.0 Å². The maximum atomic E-state index is 11.3. The van der Waals surface area contributed by atoms with Gasteiger partial charge >= 0.3 is 0 Å². The minimum atomic E-state index is -0.0409. The van der Waals surface area contributed by atoms with Gasteiger partial charge in [-0.2, -0.15) is 0 Å². The van der Waals surface area contributed by atoms with Crippen molar-refractivity contribution in [1.82, 2.24) is 0 Å². The fourth-order valence-electron chi connectivity index (χ4n) is 2.08. The highest BCUT2D eigenvalue weighted by atomic mass is 16.5. The molecule has 3 heteroatoms. The van der Waals surface area contributed by atoms with Crippen LogP contribution in [0.4, 0.5) is 0 Å². The molecule has 2 aromatic rings. The van der Waals surface area contributed by atoms with Crippen LogP contribution in [0, 0.1) is 0 Å². The second kappa shape index (κ2) is 5.14. The highest BCUT2D eigenvalue weighted by molar-refractivity contribution is 5.82. The van der Waals surface area contributed by atoms with Gasteiger partial charge in [0.15, 0.2) is 24.7 Å². The van der Waals surface area contributed by atoms with E-state index < -0.39 is 0 Å². The highest BCUT2D eigenvalue weighted by Crippen LogP contribution is 2.30. The fraction of sp³-hybridized carbons (Fsp3) is 0.188. The summed E-state index contributed by atoms with van der Waals surface area (Å²) in [5.41, 5.74) is 2.39. The minimum Gasteiger partial charge on any atom is -0.482 e. The molecule has 1 aliphatic heterocycles. The number of rotatable bonds is 2. The molecule has 0 spiro atoms. The molecule has 0 N–H and O–H groups in total. The van der Waals surface area contributed by atoms with Crippen LogP contribution in [0.3, 0.4) is 0 Å². The lowest BCUT2D eigenvalue weighted by atomic mass is 10.0. The summed E-state index contributed by atoms with van der Waals surface area (Å²) in [6.07, 6.45) is 0.839. The predicted molar refractivity (Wildman–Crippen MR) is 71.7 cm³/mol. The van der Waals surface area contributed by atoms with Gasteiger partial charge in [0.2, 0.25) is 5.78 Å². The summed E-state index contributed by atoms with van der Waals surface area (Å²) >= 11 is 0. The molecular weight excluding hydrogens is 240 g/mol. The Kier molecular flexibility index (Phi) is 3.19. The topological polar surface area (TPSA) is 35.5 Å². The molecule has 0 fully saturated rings. The first-order valence-corrected chi connectivity index (χ1v) is 6.25. The number of hydrogen-bond donors (Lipinski definition) is 0. The van der Waals surface area contributed by atoms with Gasteiger partial charge in [-0.25, -0.2) is 0 Å². The standard InChI is InChI=1S/C16H14O3/c17-14-10-18-15-7-6-13(9-16(15)19-11-14)8-12-4-2-1-3-5-12/h1-7,9H,8,10-11H2. The summed E-state index contributed by atoms with van der Waals surface area (Å²) in [4.78, 5) is 11.3. The van der Waals surface area contributed by atoms with E-state index in [1.165, 1.54) is 5.56 Å². The molecule has 0 atom stereocenters. The monoisotopic (exact) mass is 254 g/mol. The molecule has 2 aromatic carbocycles. The summed E-state index contributed by atoms with van der Waals surface area (Å²) in [6.45, 7) is 0.173. The molecule has 0 unspecified atom stereocenters. The van der Waals surface area contributed by atoms with Crippen LogP contribution >= 0.6 is 0 Å². The third-order valence-electron chi connectivity index (χ3n) is 3.04. The molecule has 0 saturated heterocycles. The minimum absolute atomic E-state index is 0.0409. The first kappa shape index (κ1) is 11.8. The zero-order chi connectivity index (χ0) is 13.1. The van der Waals surface area contributed by atoms with E-state index in [0.29, 0.717) is 11.5 Å². The molecule has 3 nitrogen and oxygen atoms in total. The van der Waals surface area contributed by atoms with E-state index in [1.807, 2.05) is 36.4 Å². The van der Waals surface area contributed by atoms with Gasteiger partial charge in [0.05, 0.1) is 0 Å². The van der Waals surface area contributed by atoms with Crippen molar-refractivity contribution in [2.75, 3.05) is 13.2 Å². The normalized spacial score (nSPS) is 14.0. The van der Waals surface area contributed by atoms with Crippen LogP contribution in [0.25, 0.3) is 0 Å². The van der Waals surface area contributed by atoms with E-state index >= 15 is 0 Å². The second-order valence-corrected chi connectivity index (χ2v) is 4.56. The lowest BCUT2D eigenvalue weighted by molar-refractivity contribution is -0.122. The number of carbonyl (C=O) groups excluding carboxylic acids is 1. The molecule has 96 valence electrons. The lowest BCUT2D eigenvalue weighted by Crippen LogP contribution is -2.15. The van der Waals surface area contributed by atoms with Crippen LogP contribution in [0.2, 0.25) is 0 Å².